The monoisotopic (exact) mass is 253 g/mol. The molecule has 0 aliphatic carbocycles. The van der Waals surface area contributed by atoms with Gasteiger partial charge in [-0.25, -0.2) is 9.59 Å². The first-order valence-electron chi connectivity index (χ1n) is 5.36. The Labute approximate surface area is 105 Å². The van der Waals surface area contributed by atoms with Crippen molar-refractivity contribution in [3.8, 4) is 0 Å². The van der Waals surface area contributed by atoms with Crippen LogP contribution in [-0.4, -0.2) is 37.5 Å². The molecular weight excluding hydrogens is 238 g/mol. The Morgan fingerprint density at radius 3 is 2.56 bits per heavy atom. The predicted octanol–water partition coefficient (Wildman–Crippen LogP) is 0.619. The summed E-state index contributed by atoms with van der Waals surface area (Å²) >= 11 is 0. The highest BCUT2D eigenvalue weighted by molar-refractivity contribution is 5.82. The number of alkyl carbamates (subject to hydrolysis) is 1. The quantitative estimate of drug-likeness (QED) is 0.751. The van der Waals surface area contributed by atoms with Gasteiger partial charge in [-0.2, -0.15) is 0 Å². The van der Waals surface area contributed by atoms with Crippen LogP contribution >= 0.6 is 0 Å². The molecule has 6 heteroatoms. The van der Waals surface area contributed by atoms with Crippen molar-refractivity contribution < 1.29 is 24.2 Å². The van der Waals surface area contributed by atoms with Crippen molar-refractivity contribution in [2.45, 2.75) is 6.04 Å². The van der Waals surface area contributed by atoms with E-state index in [0.717, 1.165) is 0 Å². The molecule has 0 aliphatic heterocycles. The molecule has 1 rings (SSSR count). The summed E-state index contributed by atoms with van der Waals surface area (Å²) in [6.07, 6.45) is -0.789. The van der Waals surface area contributed by atoms with Gasteiger partial charge < -0.3 is 19.9 Å². The number of ether oxygens (including phenoxy) is 2. The van der Waals surface area contributed by atoms with E-state index >= 15 is 0 Å². The molecule has 0 aromatic heterocycles. The summed E-state index contributed by atoms with van der Waals surface area (Å²) in [5.74, 6) is -0.595. The first-order chi connectivity index (χ1) is 8.69. The second-order valence-electron chi connectivity index (χ2n) is 3.37. The van der Waals surface area contributed by atoms with E-state index in [4.69, 9.17) is 5.11 Å². The zero-order valence-electron chi connectivity index (χ0n) is 9.96. The third-order valence-corrected chi connectivity index (χ3v) is 2.16. The molecule has 2 N–H and O–H groups in total. The summed E-state index contributed by atoms with van der Waals surface area (Å²) in [6.45, 7) is -0.407. The molecule has 1 atom stereocenters. The Bertz CT molecular complexity index is 393. The Kier molecular flexibility index (Phi) is 5.66. The highest BCUT2D eigenvalue weighted by atomic mass is 16.6. The third kappa shape index (κ3) is 4.06. The zero-order valence-corrected chi connectivity index (χ0v) is 9.96. The number of aliphatic hydroxyl groups is 1. The molecule has 0 heterocycles. The number of esters is 1. The van der Waals surface area contributed by atoms with E-state index in [1.807, 2.05) is 0 Å². The van der Waals surface area contributed by atoms with E-state index in [1.54, 1.807) is 30.3 Å². The van der Waals surface area contributed by atoms with Gasteiger partial charge in [0.25, 0.3) is 0 Å². The van der Waals surface area contributed by atoms with Crippen molar-refractivity contribution in [1.82, 2.24) is 5.32 Å². The summed E-state index contributed by atoms with van der Waals surface area (Å²) in [4.78, 5) is 22.9. The lowest BCUT2D eigenvalue weighted by molar-refractivity contribution is -0.143. The normalized spacial score (nSPS) is 11.4. The van der Waals surface area contributed by atoms with Gasteiger partial charge in [-0.3, -0.25) is 0 Å². The maximum Gasteiger partial charge on any atom is 0.408 e. The topological polar surface area (TPSA) is 84.9 Å². The lowest BCUT2D eigenvalue weighted by Gasteiger charge is -2.16. The minimum atomic E-state index is -0.928. The van der Waals surface area contributed by atoms with Crippen molar-refractivity contribution in [2.24, 2.45) is 0 Å². The molecule has 0 saturated heterocycles. The minimum absolute atomic E-state index is 0.130. The maximum atomic E-state index is 11.6. The van der Waals surface area contributed by atoms with Gasteiger partial charge in [0, 0.05) is 0 Å². The van der Waals surface area contributed by atoms with Gasteiger partial charge in [-0.15, -0.1) is 0 Å². The summed E-state index contributed by atoms with van der Waals surface area (Å²) in [6, 6.07) is 7.73. The predicted molar refractivity (Wildman–Crippen MR) is 62.8 cm³/mol. The van der Waals surface area contributed by atoms with Gasteiger partial charge in [0.2, 0.25) is 0 Å². The van der Waals surface area contributed by atoms with Crippen LogP contribution in [0, 0.1) is 0 Å². The first-order valence-corrected chi connectivity index (χ1v) is 5.36. The van der Waals surface area contributed by atoms with Crippen LogP contribution in [-0.2, 0) is 14.3 Å². The van der Waals surface area contributed by atoms with Gasteiger partial charge in [-0.05, 0) is 5.56 Å². The van der Waals surface area contributed by atoms with Crippen molar-refractivity contribution in [3.63, 3.8) is 0 Å². The molecule has 1 unspecified atom stereocenters. The van der Waals surface area contributed by atoms with Gasteiger partial charge in [-0.1, -0.05) is 30.3 Å². The first kappa shape index (κ1) is 14.0. The van der Waals surface area contributed by atoms with Crippen molar-refractivity contribution in [1.29, 1.82) is 0 Å². The van der Waals surface area contributed by atoms with E-state index in [0.29, 0.717) is 5.56 Å². The Morgan fingerprint density at radius 2 is 2.00 bits per heavy atom. The average Bonchev–Trinajstić information content (AvgIpc) is 2.42. The fourth-order valence-electron chi connectivity index (χ4n) is 1.34. The molecule has 0 spiro atoms. The van der Waals surface area contributed by atoms with Crippen LogP contribution in [0.2, 0.25) is 0 Å². The molecular formula is C12H15NO5. The fraction of sp³-hybridized carbons (Fsp3) is 0.333. The summed E-state index contributed by atoms with van der Waals surface area (Å²) in [7, 11) is 1.24. The van der Waals surface area contributed by atoms with Crippen molar-refractivity contribution >= 4 is 12.1 Å². The summed E-state index contributed by atoms with van der Waals surface area (Å²) in [5.41, 5.74) is 0.588. The summed E-state index contributed by atoms with van der Waals surface area (Å²) < 4.78 is 9.24. The molecule has 1 aromatic carbocycles. The standard InChI is InChI=1S/C12H15NO5/c1-17-11(15)10(9-5-3-2-4-6-9)13-12(16)18-8-7-14/h2-6,10,14H,7-8H2,1H3,(H,13,16). The Hall–Kier alpha value is -2.08. The number of rotatable bonds is 5. The van der Waals surface area contributed by atoms with Crippen LogP contribution in [0.25, 0.3) is 0 Å². The van der Waals surface area contributed by atoms with Crippen LogP contribution < -0.4 is 5.32 Å². The van der Waals surface area contributed by atoms with E-state index < -0.39 is 18.1 Å². The zero-order chi connectivity index (χ0) is 13.4. The van der Waals surface area contributed by atoms with Crippen LogP contribution in [0.5, 0.6) is 0 Å². The number of benzene rings is 1. The number of methoxy groups -OCH3 is 1. The molecule has 0 fully saturated rings. The molecule has 18 heavy (non-hydrogen) atoms. The van der Waals surface area contributed by atoms with Crippen LogP contribution in [0.15, 0.2) is 30.3 Å². The average molecular weight is 253 g/mol. The van der Waals surface area contributed by atoms with Crippen molar-refractivity contribution in [2.75, 3.05) is 20.3 Å². The second-order valence-corrected chi connectivity index (χ2v) is 3.37. The van der Waals surface area contributed by atoms with Crippen LogP contribution in [0.1, 0.15) is 11.6 Å². The Balaban J connectivity index is 2.74. The summed E-state index contributed by atoms with van der Waals surface area (Å²) in [5, 5.41) is 10.9. The number of nitrogens with one attached hydrogen (secondary N) is 1. The van der Waals surface area contributed by atoms with E-state index in [9.17, 15) is 9.59 Å². The van der Waals surface area contributed by atoms with E-state index in [1.165, 1.54) is 7.11 Å². The SMILES string of the molecule is COC(=O)C(NC(=O)OCCO)c1ccccc1. The molecule has 1 aromatic rings. The fourth-order valence-corrected chi connectivity index (χ4v) is 1.34. The smallest absolute Gasteiger partial charge is 0.408 e. The molecule has 98 valence electrons. The largest absolute Gasteiger partial charge is 0.467 e. The van der Waals surface area contributed by atoms with E-state index in [-0.39, 0.29) is 13.2 Å². The molecule has 6 nitrogen and oxygen atoms in total. The number of hydrogen-bond acceptors (Lipinski definition) is 5. The molecule has 0 saturated carbocycles. The van der Waals surface area contributed by atoms with Gasteiger partial charge in [0.1, 0.15) is 6.61 Å². The van der Waals surface area contributed by atoms with Crippen LogP contribution in [0.3, 0.4) is 0 Å². The number of aliphatic hydroxyl groups excluding tert-OH is 1. The second kappa shape index (κ2) is 7.29. The molecule has 0 radical (unpaired) electrons. The number of carbonyl (C=O) groups excluding carboxylic acids is 2. The molecule has 0 bridgehead atoms. The minimum Gasteiger partial charge on any atom is -0.467 e. The lowest BCUT2D eigenvalue weighted by atomic mass is 10.1. The highest BCUT2D eigenvalue weighted by Gasteiger charge is 2.23. The highest BCUT2D eigenvalue weighted by Crippen LogP contribution is 2.14. The Morgan fingerprint density at radius 1 is 1.33 bits per heavy atom. The molecule has 1 amide bonds. The van der Waals surface area contributed by atoms with Gasteiger partial charge in [0.15, 0.2) is 6.04 Å². The van der Waals surface area contributed by atoms with Crippen molar-refractivity contribution in [3.05, 3.63) is 35.9 Å². The van der Waals surface area contributed by atoms with Gasteiger partial charge >= 0.3 is 12.1 Å². The number of amides is 1. The maximum absolute atomic E-state index is 11.6. The third-order valence-electron chi connectivity index (χ3n) is 2.16. The van der Waals surface area contributed by atoms with E-state index in [2.05, 4.69) is 14.8 Å². The van der Waals surface area contributed by atoms with Gasteiger partial charge in [0.05, 0.1) is 13.7 Å². The number of hydrogen-bond donors (Lipinski definition) is 2. The number of carbonyl (C=O) groups is 2. The lowest BCUT2D eigenvalue weighted by Crippen LogP contribution is -2.35. The molecule has 0 aliphatic rings. The van der Waals surface area contributed by atoms with Crippen LogP contribution in [0.4, 0.5) is 4.79 Å².